The standard InChI is InChI=1S/C14H29N/c1-4-5-6-7-8-9-15-11-13(2)10-14(3)12-15/h13-14H,4-12H2,1-3H3/t13-,14-/m0/s1. The van der Waals surface area contributed by atoms with Gasteiger partial charge < -0.3 is 4.90 Å². The van der Waals surface area contributed by atoms with Crippen LogP contribution in [0.25, 0.3) is 0 Å². The summed E-state index contributed by atoms with van der Waals surface area (Å²) < 4.78 is 0. The second-order valence-corrected chi connectivity index (χ2v) is 5.62. The van der Waals surface area contributed by atoms with Crippen LogP contribution in [-0.4, -0.2) is 24.5 Å². The molecule has 0 saturated carbocycles. The van der Waals surface area contributed by atoms with Crippen molar-refractivity contribution in [3.63, 3.8) is 0 Å². The van der Waals surface area contributed by atoms with Gasteiger partial charge in [-0.1, -0.05) is 46.5 Å². The largest absolute Gasteiger partial charge is 0.303 e. The molecule has 2 atom stereocenters. The highest BCUT2D eigenvalue weighted by atomic mass is 15.1. The lowest BCUT2D eigenvalue weighted by Crippen LogP contribution is -2.39. The van der Waals surface area contributed by atoms with E-state index in [4.69, 9.17) is 0 Å². The first kappa shape index (κ1) is 13.0. The lowest BCUT2D eigenvalue weighted by atomic mass is 9.92. The zero-order valence-electron chi connectivity index (χ0n) is 11.0. The van der Waals surface area contributed by atoms with Crippen LogP contribution < -0.4 is 0 Å². The molecule has 1 aliphatic rings. The zero-order chi connectivity index (χ0) is 11.1. The van der Waals surface area contributed by atoms with Gasteiger partial charge in [-0.25, -0.2) is 0 Å². The normalized spacial score (nSPS) is 28.2. The van der Waals surface area contributed by atoms with Crippen LogP contribution in [0.15, 0.2) is 0 Å². The number of hydrogen-bond donors (Lipinski definition) is 0. The van der Waals surface area contributed by atoms with E-state index in [9.17, 15) is 0 Å². The van der Waals surface area contributed by atoms with E-state index in [0.717, 1.165) is 11.8 Å². The minimum Gasteiger partial charge on any atom is -0.303 e. The highest BCUT2D eigenvalue weighted by Crippen LogP contribution is 2.21. The third-order valence-electron chi connectivity index (χ3n) is 3.52. The summed E-state index contributed by atoms with van der Waals surface area (Å²) in [6.07, 6.45) is 8.51. The SMILES string of the molecule is CCCCCCCN1C[C@@H](C)C[C@H](C)C1. The van der Waals surface area contributed by atoms with Crippen molar-refractivity contribution in [2.24, 2.45) is 11.8 Å². The predicted molar refractivity (Wildman–Crippen MR) is 68.1 cm³/mol. The number of hydrogen-bond acceptors (Lipinski definition) is 1. The van der Waals surface area contributed by atoms with Crippen LogP contribution in [0.1, 0.15) is 59.3 Å². The van der Waals surface area contributed by atoms with Crippen LogP contribution in [0.2, 0.25) is 0 Å². The van der Waals surface area contributed by atoms with E-state index in [0.29, 0.717) is 0 Å². The van der Waals surface area contributed by atoms with Gasteiger partial charge in [-0.3, -0.25) is 0 Å². The molecule has 1 saturated heterocycles. The average molecular weight is 211 g/mol. The van der Waals surface area contributed by atoms with Crippen molar-refractivity contribution in [1.82, 2.24) is 4.90 Å². The molecule has 90 valence electrons. The summed E-state index contributed by atoms with van der Waals surface area (Å²) in [7, 11) is 0. The Morgan fingerprint density at radius 2 is 1.53 bits per heavy atom. The van der Waals surface area contributed by atoms with Crippen molar-refractivity contribution in [3.8, 4) is 0 Å². The van der Waals surface area contributed by atoms with Gasteiger partial charge in [-0.05, 0) is 31.2 Å². The summed E-state index contributed by atoms with van der Waals surface area (Å²) >= 11 is 0. The van der Waals surface area contributed by atoms with Crippen molar-refractivity contribution in [2.45, 2.75) is 59.3 Å². The zero-order valence-corrected chi connectivity index (χ0v) is 11.0. The van der Waals surface area contributed by atoms with Crippen LogP contribution in [-0.2, 0) is 0 Å². The molecule has 0 aromatic rings. The topological polar surface area (TPSA) is 3.24 Å². The predicted octanol–water partition coefficient (Wildman–Crippen LogP) is 3.93. The maximum atomic E-state index is 2.69. The molecule has 1 heteroatoms. The maximum absolute atomic E-state index is 2.69. The second-order valence-electron chi connectivity index (χ2n) is 5.62. The third kappa shape index (κ3) is 5.55. The maximum Gasteiger partial charge on any atom is 0.000724 e. The van der Waals surface area contributed by atoms with E-state index in [2.05, 4.69) is 25.7 Å². The summed E-state index contributed by atoms with van der Waals surface area (Å²) in [4.78, 5) is 2.69. The van der Waals surface area contributed by atoms with Crippen molar-refractivity contribution in [2.75, 3.05) is 19.6 Å². The number of piperidine rings is 1. The highest BCUT2D eigenvalue weighted by Gasteiger charge is 2.20. The molecule has 0 unspecified atom stereocenters. The molecule has 1 aliphatic heterocycles. The van der Waals surface area contributed by atoms with Crippen LogP contribution in [0.4, 0.5) is 0 Å². The van der Waals surface area contributed by atoms with Gasteiger partial charge in [0.05, 0.1) is 0 Å². The molecular formula is C14H29N. The number of rotatable bonds is 6. The first-order valence-corrected chi connectivity index (χ1v) is 6.94. The van der Waals surface area contributed by atoms with Crippen LogP contribution in [0.5, 0.6) is 0 Å². The minimum absolute atomic E-state index is 0.921. The summed E-state index contributed by atoms with van der Waals surface area (Å²) in [5.74, 6) is 1.84. The molecule has 0 spiro atoms. The molecule has 1 nitrogen and oxygen atoms in total. The second kappa shape index (κ2) is 7.27. The van der Waals surface area contributed by atoms with Crippen LogP contribution in [0, 0.1) is 11.8 Å². The Balaban J connectivity index is 2.04. The highest BCUT2D eigenvalue weighted by molar-refractivity contribution is 4.74. The van der Waals surface area contributed by atoms with Crippen LogP contribution in [0.3, 0.4) is 0 Å². The molecule has 15 heavy (non-hydrogen) atoms. The molecule has 0 aromatic carbocycles. The lowest BCUT2D eigenvalue weighted by molar-refractivity contribution is 0.138. The summed E-state index contributed by atoms with van der Waals surface area (Å²) in [6, 6.07) is 0. The van der Waals surface area contributed by atoms with Crippen LogP contribution >= 0.6 is 0 Å². The molecule has 1 heterocycles. The molecule has 0 amide bonds. The Bertz CT molecular complexity index is 145. The molecule has 0 N–H and O–H groups in total. The Kier molecular flexibility index (Phi) is 6.31. The summed E-state index contributed by atoms with van der Waals surface area (Å²) in [5, 5.41) is 0. The molecule has 1 rings (SSSR count). The van der Waals surface area contributed by atoms with Crippen molar-refractivity contribution >= 4 is 0 Å². The fourth-order valence-electron chi connectivity index (χ4n) is 2.91. The Labute approximate surface area is 96.2 Å². The molecule has 0 aliphatic carbocycles. The van der Waals surface area contributed by atoms with E-state index < -0.39 is 0 Å². The number of unbranched alkanes of at least 4 members (excludes halogenated alkanes) is 4. The third-order valence-corrected chi connectivity index (χ3v) is 3.52. The molecule has 0 bridgehead atoms. The van der Waals surface area contributed by atoms with E-state index in [1.165, 1.54) is 58.2 Å². The van der Waals surface area contributed by atoms with Gasteiger partial charge in [-0.2, -0.15) is 0 Å². The molecule has 1 fully saturated rings. The Morgan fingerprint density at radius 3 is 2.13 bits per heavy atom. The molecule has 0 radical (unpaired) electrons. The molecular weight excluding hydrogens is 182 g/mol. The quantitative estimate of drug-likeness (QED) is 0.602. The van der Waals surface area contributed by atoms with Crippen molar-refractivity contribution < 1.29 is 0 Å². The smallest absolute Gasteiger partial charge is 0.000724 e. The average Bonchev–Trinajstić information content (AvgIpc) is 2.16. The van der Waals surface area contributed by atoms with Gasteiger partial charge in [0.15, 0.2) is 0 Å². The first-order chi connectivity index (χ1) is 7.22. The van der Waals surface area contributed by atoms with E-state index in [1.807, 2.05) is 0 Å². The van der Waals surface area contributed by atoms with Crippen molar-refractivity contribution in [3.05, 3.63) is 0 Å². The van der Waals surface area contributed by atoms with Gasteiger partial charge in [0.25, 0.3) is 0 Å². The van der Waals surface area contributed by atoms with E-state index >= 15 is 0 Å². The van der Waals surface area contributed by atoms with E-state index in [1.54, 1.807) is 0 Å². The van der Waals surface area contributed by atoms with Gasteiger partial charge >= 0.3 is 0 Å². The summed E-state index contributed by atoms with van der Waals surface area (Å²) in [5.41, 5.74) is 0. The number of nitrogens with zero attached hydrogens (tertiary/aromatic N) is 1. The Morgan fingerprint density at radius 1 is 0.933 bits per heavy atom. The van der Waals surface area contributed by atoms with Gasteiger partial charge in [0.2, 0.25) is 0 Å². The minimum atomic E-state index is 0.921. The fraction of sp³-hybridized carbons (Fsp3) is 1.00. The fourth-order valence-corrected chi connectivity index (χ4v) is 2.91. The number of likely N-dealkylation sites (tertiary alicyclic amines) is 1. The molecule has 0 aromatic heterocycles. The van der Waals surface area contributed by atoms with Crippen molar-refractivity contribution in [1.29, 1.82) is 0 Å². The van der Waals surface area contributed by atoms with E-state index in [-0.39, 0.29) is 0 Å². The van der Waals surface area contributed by atoms with Gasteiger partial charge in [-0.15, -0.1) is 0 Å². The Hall–Kier alpha value is -0.0400. The van der Waals surface area contributed by atoms with Gasteiger partial charge in [0, 0.05) is 13.1 Å². The van der Waals surface area contributed by atoms with Gasteiger partial charge in [0.1, 0.15) is 0 Å². The first-order valence-electron chi connectivity index (χ1n) is 6.94. The monoisotopic (exact) mass is 211 g/mol. The lowest BCUT2D eigenvalue weighted by Gasteiger charge is -2.34. The summed E-state index contributed by atoms with van der Waals surface area (Å²) in [6.45, 7) is 11.1.